The van der Waals surface area contributed by atoms with Crippen molar-refractivity contribution >= 4 is 16.9 Å². The molecule has 22 heavy (non-hydrogen) atoms. The van der Waals surface area contributed by atoms with E-state index >= 15 is 0 Å². The zero-order valence-electron chi connectivity index (χ0n) is 12.5. The van der Waals surface area contributed by atoms with Crippen LogP contribution in [0, 0.1) is 11.3 Å². The van der Waals surface area contributed by atoms with E-state index < -0.39 is 0 Å². The molecule has 0 aliphatic heterocycles. The Kier molecular flexibility index (Phi) is 4.01. The molecular formula is C17H17N5. The van der Waals surface area contributed by atoms with E-state index in [0.717, 1.165) is 42.1 Å². The Balaban J connectivity index is 1.58. The Morgan fingerprint density at radius 1 is 1.14 bits per heavy atom. The van der Waals surface area contributed by atoms with Crippen LogP contribution in [0.2, 0.25) is 0 Å². The Hall–Kier alpha value is -2.87. The number of aromatic nitrogens is 3. The van der Waals surface area contributed by atoms with Gasteiger partial charge in [0.2, 0.25) is 0 Å². The molecule has 3 aromatic rings. The molecule has 0 bridgehead atoms. The predicted molar refractivity (Wildman–Crippen MR) is 86.5 cm³/mol. The van der Waals surface area contributed by atoms with Gasteiger partial charge in [0.05, 0.1) is 11.0 Å². The number of benzene rings is 1. The highest BCUT2D eigenvalue weighted by molar-refractivity contribution is 5.75. The number of hydrogen-bond acceptors (Lipinski definition) is 4. The number of para-hydroxylation sites is 2. The van der Waals surface area contributed by atoms with Crippen molar-refractivity contribution < 1.29 is 0 Å². The van der Waals surface area contributed by atoms with Gasteiger partial charge in [-0.05, 0) is 30.7 Å². The van der Waals surface area contributed by atoms with E-state index in [0.29, 0.717) is 5.69 Å². The van der Waals surface area contributed by atoms with Crippen molar-refractivity contribution in [3.8, 4) is 6.07 Å². The third-order valence-corrected chi connectivity index (χ3v) is 3.63. The number of anilines is 1. The molecule has 0 amide bonds. The largest absolute Gasteiger partial charge is 0.370 e. The Morgan fingerprint density at radius 2 is 2.00 bits per heavy atom. The molecule has 2 heterocycles. The lowest BCUT2D eigenvalue weighted by Gasteiger charge is -2.06. The minimum absolute atomic E-state index is 0.431. The molecule has 1 aromatic carbocycles. The monoisotopic (exact) mass is 291 g/mol. The summed E-state index contributed by atoms with van der Waals surface area (Å²) in [5.74, 6) is 1.82. The molecule has 0 spiro atoms. The number of fused-ring (bicyclic) bond motifs is 1. The topological polar surface area (TPSA) is 66.5 Å². The summed E-state index contributed by atoms with van der Waals surface area (Å²) in [6.45, 7) is 0.797. The van der Waals surface area contributed by atoms with E-state index in [-0.39, 0.29) is 0 Å². The summed E-state index contributed by atoms with van der Waals surface area (Å²) in [4.78, 5) is 8.86. The second-order valence-corrected chi connectivity index (χ2v) is 5.13. The Morgan fingerprint density at radius 3 is 2.82 bits per heavy atom. The molecular weight excluding hydrogens is 274 g/mol. The van der Waals surface area contributed by atoms with Gasteiger partial charge in [-0.3, -0.25) is 0 Å². The number of nitrogens with zero attached hydrogens (tertiary/aromatic N) is 4. The average Bonchev–Trinajstić information content (AvgIpc) is 2.88. The van der Waals surface area contributed by atoms with Crippen LogP contribution >= 0.6 is 0 Å². The number of pyridine rings is 1. The molecule has 0 unspecified atom stereocenters. The molecule has 0 atom stereocenters. The van der Waals surface area contributed by atoms with Gasteiger partial charge >= 0.3 is 0 Å². The highest BCUT2D eigenvalue weighted by atomic mass is 15.1. The fourth-order valence-electron chi connectivity index (χ4n) is 2.48. The van der Waals surface area contributed by atoms with Crippen LogP contribution in [0.25, 0.3) is 11.0 Å². The van der Waals surface area contributed by atoms with Crippen molar-refractivity contribution in [1.29, 1.82) is 5.26 Å². The predicted octanol–water partition coefficient (Wildman–Crippen LogP) is 2.88. The summed E-state index contributed by atoms with van der Waals surface area (Å²) >= 11 is 0. The summed E-state index contributed by atoms with van der Waals surface area (Å²) < 4.78 is 2.14. The maximum Gasteiger partial charge on any atom is 0.142 e. The first-order valence-electron chi connectivity index (χ1n) is 7.29. The van der Waals surface area contributed by atoms with Crippen LogP contribution < -0.4 is 5.32 Å². The van der Waals surface area contributed by atoms with Crippen LogP contribution in [-0.2, 0) is 13.5 Å². The zero-order chi connectivity index (χ0) is 15.4. The molecule has 0 radical (unpaired) electrons. The number of nitrogens with one attached hydrogen (secondary N) is 1. The van der Waals surface area contributed by atoms with Crippen molar-refractivity contribution in [2.75, 3.05) is 11.9 Å². The summed E-state index contributed by atoms with van der Waals surface area (Å²) in [7, 11) is 2.05. The normalized spacial score (nSPS) is 10.5. The van der Waals surface area contributed by atoms with E-state index in [1.165, 1.54) is 0 Å². The summed E-state index contributed by atoms with van der Waals surface area (Å²) in [6, 6.07) is 15.6. The fraction of sp³-hybridized carbons (Fsp3) is 0.235. The molecule has 5 heteroatoms. The van der Waals surface area contributed by atoms with E-state index in [9.17, 15) is 0 Å². The van der Waals surface area contributed by atoms with Crippen molar-refractivity contribution in [2.24, 2.45) is 7.05 Å². The van der Waals surface area contributed by atoms with Crippen molar-refractivity contribution in [2.45, 2.75) is 12.8 Å². The van der Waals surface area contributed by atoms with Gasteiger partial charge < -0.3 is 9.88 Å². The molecule has 110 valence electrons. The van der Waals surface area contributed by atoms with Crippen LogP contribution in [-0.4, -0.2) is 21.1 Å². The highest BCUT2D eigenvalue weighted by Gasteiger charge is 2.06. The van der Waals surface area contributed by atoms with Gasteiger partial charge in [0.1, 0.15) is 23.4 Å². The maximum absolute atomic E-state index is 8.83. The summed E-state index contributed by atoms with van der Waals surface area (Å²) in [5, 5.41) is 12.1. The number of imidazole rings is 1. The first-order chi connectivity index (χ1) is 10.8. The quantitative estimate of drug-likeness (QED) is 0.734. The second-order valence-electron chi connectivity index (χ2n) is 5.13. The standard InChI is InChI=1S/C17H17N5/c1-22-15-8-3-2-7-14(15)21-17(22)10-5-11-19-16-9-4-6-13(12-18)20-16/h2-4,6-9H,5,10-11H2,1H3,(H,19,20). The summed E-state index contributed by atoms with van der Waals surface area (Å²) in [5.41, 5.74) is 2.63. The lowest BCUT2D eigenvalue weighted by atomic mass is 10.3. The van der Waals surface area contributed by atoms with E-state index in [1.807, 2.05) is 36.4 Å². The summed E-state index contributed by atoms with van der Waals surface area (Å²) in [6.07, 6.45) is 1.85. The second kappa shape index (κ2) is 6.27. The van der Waals surface area contributed by atoms with Crippen LogP contribution in [0.15, 0.2) is 42.5 Å². The zero-order valence-corrected chi connectivity index (χ0v) is 12.5. The SMILES string of the molecule is Cn1c(CCCNc2cccc(C#N)n2)nc2ccccc21. The lowest BCUT2D eigenvalue weighted by Crippen LogP contribution is -2.07. The average molecular weight is 291 g/mol. The maximum atomic E-state index is 8.83. The van der Waals surface area contributed by atoms with Gasteiger partial charge in [-0.15, -0.1) is 0 Å². The molecule has 0 fully saturated rings. The minimum atomic E-state index is 0.431. The van der Waals surface area contributed by atoms with Crippen LogP contribution in [0.4, 0.5) is 5.82 Å². The first-order valence-corrected chi connectivity index (χ1v) is 7.29. The molecule has 5 nitrogen and oxygen atoms in total. The van der Waals surface area contributed by atoms with E-state index in [2.05, 4.69) is 33.0 Å². The van der Waals surface area contributed by atoms with Crippen LogP contribution in [0.3, 0.4) is 0 Å². The van der Waals surface area contributed by atoms with E-state index in [1.54, 1.807) is 6.07 Å². The third kappa shape index (κ3) is 2.91. The number of rotatable bonds is 5. The fourth-order valence-corrected chi connectivity index (χ4v) is 2.48. The highest BCUT2D eigenvalue weighted by Crippen LogP contribution is 2.15. The van der Waals surface area contributed by atoms with Gasteiger partial charge in [-0.25, -0.2) is 9.97 Å². The third-order valence-electron chi connectivity index (χ3n) is 3.63. The lowest BCUT2D eigenvalue weighted by molar-refractivity contribution is 0.752. The first kappa shape index (κ1) is 14.1. The van der Waals surface area contributed by atoms with Crippen LogP contribution in [0.1, 0.15) is 17.9 Å². The molecule has 0 saturated heterocycles. The van der Waals surface area contributed by atoms with Crippen LogP contribution in [0.5, 0.6) is 0 Å². The van der Waals surface area contributed by atoms with Gasteiger partial charge in [0.25, 0.3) is 0 Å². The number of aryl methyl sites for hydroxylation is 2. The van der Waals surface area contributed by atoms with Crippen molar-refractivity contribution in [1.82, 2.24) is 14.5 Å². The van der Waals surface area contributed by atoms with Gasteiger partial charge in [-0.1, -0.05) is 18.2 Å². The van der Waals surface area contributed by atoms with Crippen molar-refractivity contribution in [3.63, 3.8) is 0 Å². The molecule has 1 N–H and O–H groups in total. The van der Waals surface area contributed by atoms with Gasteiger partial charge in [-0.2, -0.15) is 5.26 Å². The number of nitriles is 1. The van der Waals surface area contributed by atoms with Gasteiger partial charge in [0, 0.05) is 20.0 Å². The molecule has 0 aliphatic carbocycles. The van der Waals surface area contributed by atoms with Gasteiger partial charge in [0.15, 0.2) is 0 Å². The Bertz CT molecular complexity index is 828. The molecule has 3 rings (SSSR count). The van der Waals surface area contributed by atoms with E-state index in [4.69, 9.17) is 5.26 Å². The number of hydrogen-bond donors (Lipinski definition) is 1. The Labute approximate surface area is 129 Å². The minimum Gasteiger partial charge on any atom is -0.370 e. The van der Waals surface area contributed by atoms with Crippen molar-refractivity contribution in [3.05, 3.63) is 54.0 Å². The molecule has 2 aromatic heterocycles. The smallest absolute Gasteiger partial charge is 0.142 e. The molecule has 0 aliphatic rings. The molecule has 0 saturated carbocycles.